The van der Waals surface area contributed by atoms with Crippen molar-refractivity contribution < 1.29 is 28.7 Å². The summed E-state index contributed by atoms with van der Waals surface area (Å²) in [6.45, 7) is 9.78. The molecule has 2 rings (SSSR count). The number of amides is 3. The van der Waals surface area contributed by atoms with Crippen LogP contribution in [0.2, 0.25) is 0 Å². The number of aromatic nitrogens is 1. The standard InChI is InChI=1S/C28H39N5O6/c1-7-17(4)25(28(38)39-16(2)3)32-27(37)23(13-12-20(35)14-29)33(24(36)15-30-19(6)34)26-18(5)21-10-8-9-11-22(21)31-26/h8-11,14,16-17,23,25,29,31H,7,12-13,15H2,1-6H3,(H,30,34)(H,32,37)/t17?,23-,25-/m0/s1. The number of hydrogen-bond donors (Lipinski definition) is 4. The average Bonchev–Trinajstić information content (AvgIpc) is 3.22. The molecule has 3 amide bonds. The number of rotatable bonds is 14. The summed E-state index contributed by atoms with van der Waals surface area (Å²) in [5, 5.41) is 13.3. The van der Waals surface area contributed by atoms with Crippen molar-refractivity contribution in [2.75, 3.05) is 11.4 Å². The summed E-state index contributed by atoms with van der Waals surface area (Å²) in [5.74, 6) is -2.74. The van der Waals surface area contributed by atoms with Gasteiger partial charge in [-0.25, -0.2) is 4.79 Å². The Morgan fingerprint density at radius 3 is 2.36 bits per heavy atom. The lowest BCUT2D eigenvalue weighted by molar-refractivity contribution is -0.153. The summed E-state index contributed by atoms with van der Waals surface area (Å²) in [6.07, 6.45) is 0.532. The molecule has 0 saturated heterocycles. The highest BCUT2D eigenvalue weighted by Crippen LogP contribution is 2.30. The van der Waals surface area contributed by atoms with Crippen molar-refractivity contribution in [2.24, 2.45) is 5.92 Å². The highest BCUT2D eigenvalue weighted by molar-refractivity contribution is 6.26. The molecule has 39 heavy (non-hydrogen) atoms. The van der Waals surface area contributed by atoms with Crippen LogP contribution in [0.15, 0.2) is 24.3 Å². The molecule has 11 nitrogen and oxygen atoms in total. The minimum atomic E-state index is -1.24. The molecule has 0 aliphatic heterocycles. The summed E-state index contributed by atoms with van der Waals surface area (Å²) in [5.41, 5.74) is 1.42. The number of Topliss-reactive ketones (excluding diaryl/α,β-unsaturated/α-hetero) is 1. The molecule has 11 heteroatoms. The summed E-state index contributed by atoms with van der Waals surface area (Å²) >= 11 is 0. The minimum Gasteiger partial charge on any atom is -0.461 e. The molecular formula is C28H39N5O6. The van der Waals surface area contributed by atoms with Gasteiger partial charge in [0, 0.05) is 24.2 Å². The Kier molecular flexibility index (Phi) is 11.4. The number of nitrogens with one attached hydrogen (secondary N) is 4. The number of fused-ring (bicyclic) bond motifs is 1. The van der Waals surface area contributed by atoms with Crippen molar-refractivity contribution in [1.82, 2.24) is 15.6 Å². The molecule has 1 aromatic carbocycles. The van der Waals surface area contributed by atoms with Gasteiger partial charge in [-0.3, -0.25) is 24.1 Å². The Labute approximate surface area is 228 Å². The van der Waals surface area contributed by atoms with Crippen LogP contribution in [-0.2, 0) is 28.7 Å². The van der Waals surface area contributed by atoms with E-state index in [0.717, 1.165) is 10.9 Å². The van der Waals surface area contributed by atoms with Gasteiger partial charge in [0.05, 0.1) is 18.9 Å². The van der Waals surface area contributed by atoms with E-state index >= 15 is 0 Å². The van der Waals surface area contributed by atoms with Gasteiger partial charge in [0.1, 0.15) is 17.9 Å². The summed E-state index contributed by atoms with van der Waals surface area (Å²) in [7, 11) is 0. The molecule has 3 atom stereocenters. The number of aromatic amines is 1. The maximum Gasteiger partial charge on any atom is 0.329 e. The lowest BCUT2D eigenvalue weighted by Gasteiger charge is -2.33. The number of H-pyrrole nitrogens is 1. The van der Waals surface area contributed by atoms with Crippen LogP contribution >= 0.6 is 0 Å². The number of anilines is 1. The molecule has 0 saturated carbocycles. The van der Waals surface area contributed by atoms with Crippen LogP contribution in [-0.4, -0.2) is 65.4 Å². The Morgan fingerprint density at radius 2 is 1.79 bits per heavy atom. The Balaban J connectivity index is 2.61. The third kappa shape index (κ3) is 8.23. The molecule has 1 heterocycles. The third-order valence-corrected chi connectivity index (χ3v) is 6.49. The van der Waals surface area contributed by atoms with E-state index in [2.05, 4.69) is 15.6 Å². The number of carbonyl (C=O) groups excluding carboxylic acids is 5. The molecule has 0 spiro atoms. The molecule has 4 N–H and O–H groups in total. The lowest BCUT2D eigenvalue weighted by atomic mass is 9.97. The lowest BCUT2D eigenvalue weighted by Crippen LogP contribution is -2.57. The monoisotopic (exact) mass is 541 g/mol. The molecule has 2 aromatic rings. The normalized spacial score (nSPS) is 13.3. The van der Waals surface area contributed by atoms with Crippen molar-refractivity contribution in [3.63, 3.8) is 0 Å². The Hall–Kier alpha value is -4.02. The van der Waals surface area contributed by atoms with E-state index in [9.17, 15) is 24.0 Å². The van der Waals surface area contributed by atoms with Crippen molar-refractivity contribution in [1.29, 1.82) is 5.41 Å². The summed E-state index contributed by atoms with van der Waals surface area (Å²) < 4.78 is 5.38. The van der Waals surface area contributed by atoms with E-state index in [-0.39, 0.29) is 18.8 Å². The summed E-state index contributed by atoms with van der Waals surface area (Å²) in [6, 6.07) is 5.16. The fraction of sp³-hybridized carbons (Fsp3) is 0.500. The van der Waals surface area contributed by atoms with Gasteiger partial charge in [0.2, 0.25) is 17.7 Å². The molecule has 0 bridgehead atoms. The molecule has 1 unspecified atom stereocenters. The smallest absolute Gasteiger partial charge is 0.329 e. The minimum absolute atomic E-state index is 0.118. The number of hydrogen-bond acceptors (Lipinski definition) is 7. The maximum absolute atomic E-state index is 13.9. The zero-order valence-corrected chi connectivity index (χ0v) is 23.4. The number of nitrogens with zero attached hydrogens (tertiary/aromatic N) is 1. The van der Waals surface area contributed by atoms with Gasteiger partial charge in [-0.2, -0.15) is 0 Å². The molecule has 212 valence electrons. The highest BCUT2D eigenvalue weighted by atomic mass is 16.5. The second-order valence-corrected chi connectivity index (χ2v) is 9.84. The quantitative estimate of drug-likeness (QED) is 0.212. The first-order valence-corrected chi connectivity index (χ1v) is 13.1. The van der Waals surface area contributed by atoms with Crippen molar-refractivity contribution >= 4 is 52.4 Å². The van der Waals surface area contributed by atoms with Gasteiger partial charge >= 0.3 is 5.97 Å². The SMILES string of the molecule is CCC(C)[C@H](NC(=O)[C@H](CCC(=O)C=N)N(C(=O)CNC(C)=O)c1[nH]c2ccccc2c1C)C(=O)OC(C)C. The van der Waals surface area contributed by atoms with Crippen molar-refractivity contribution in [2.45, 2.75) is 79.0 Å². The number of ether oxygens (including phenoxy) is 1. The van der Waals surface area contributed by atoms with Crippen molar-refractivity contribution in [3.05, 3.63) is 29.8 Å². The van der Waals surface area contributed by atoms with E-state index in [1.807, 2.05) is 38.1 Å². The first-order chi connectivity index (χ1) is 18.4. The predicted molar refractivity (Wildman–Crippen MR) is 149 cm³/mol. The number of aryl methyl sites for hydroxylation is 1. The molecular weight excluding hydrogens is 502 g/mol. The molecule has 0 aliphatic rings. The van der Waals surface area contributed by atoms with Gasteiger partial charge in [-0.1, -0.05) is 38.5 Å². The second-order valence-electron chi connectivity index (χ2n) is 9.84. The van der Waals surface area contributed by atoms with E-state index in [1.165, 1.54) is 11.8 Å². The molecule has 0 aliphatic carbocycles. The van der Waals surface area contributed by atoms with Gasteiger partial charge in [-0.15, -0.1) is 0 Å². The van der Waals surface area contributed by atoms with Crippen LogP contribution < -0.4 is 15.5 Å². The molecule has 0 radical (unpaired) electrons. The number of para-hydroxylation sites is 1. The summed E-state index contributed by atoms with van der Waals surface area (Å²) in [4.78, 5) is 68.5. The number of benzene rings is 1. The van der Waals surface area contributed by atoms with Crippen LogP contribution in [0.5, 0.6) is 0 Å². The average molecular weight is 542 g/mol. The van der Waals surface area contributed by atoms with Crippen LogP contribution in [0, 0.1) is 18.3 Å². The third-order valence-electron chi connectivity index (χ3n) is 6.49. The van der Waals surface area contributed by atoms with Crippen LogP contribution in [0.1, 0.15) is 59.4 Å². The Bertz CT molecular complexity index is 1220. The van der Waals surface area contributed by atoms with Crippen LogP contribution in [0.3, 0.4) is 0 Å². The van der Waals surface area contributed by atoms with E-state index in [1.54, 1.807) is 20.8 Å². The Morgan fingerprint density at radius 1 is 1.13 bits per heavy atom. The van der Waals surface area contributed by atoms with Gasteiger partial charge in [0.25, 0.3) is 0 Å². The van der Waals surface area contributed by atoms with Crippen LogP contribution in [0.4, 0.5) is 5.82 Å². The van der Waals surface area contributed by atoms with Gasteiger partial charge in [0.15, 0.2) is 5.78 Å². The van der Waals surface area contributed by atoms with Gasteiger partial charge in [-0.05, 0) is 44.7 Å². The molecule has 0 fully saturated rings. The topological polar surface area (TPSA) is 162 Å². The fourth-order valence-electron chi connectivity index (χ4n) is 4.20. The number of carbonyl (C=O) groups is 5. The number of ketones is 1. The van der Waals surface area contributed by atoms with E-state index < -0.39 is 54.2 Å². The first-order valence-electron chi connectivity index (χ1n) is 13.1. The fourth-order valence-corrected chi connectivity index (χ4v) is 4.20. The van der Waals surface area contributed by atoms with Crippen LogP contribution in [0.25, 0.3) is 10.9 Å². The second kappa shape index (κ2) is 14.2. The van der Waals surface area contributed by atoms with Gasteiger partial charge < -0.3 is 25.8 Å². The molecule has 1 aromatic heterocycles. The number of esters is 1. The zero-order valence-electron chi connectivity index (χ0n) is 23.4. The predicted octanol–water partition coefficient (Wildman–Crippen LogP) is 2.80. The zero-order chi connectivity index (χ0) is 29.3. The van der Waals surface area contributed by atoms with E-state index in [0.29, 0.717) is 24.0 Å². The first kappa shape index (κ1) is 31.2. The maximum atomic E-state index is 13.9. The van der Waals surface area contributed by atoms with Crippen molar-refractivity contribution in [3.8, 4) is 0 Å². The largest absolute Gasteiger partial charge is 0.461 e. The highest BCUT2D eigenvalue weighted by Gasteiger charge is 2.37. The van der Waals surface area contributed by atoms with E-state index in [4.69, 9.17) is 10.1 Å².